The highest BCUT2D eigenvalue weighted by atomic mass is 32.2. The molecular weight excluding hydrogens is 302 g/mol. The Bertz CT molecular complexity index is 667. The van der Waals surface area contributed by atoms with Gasteiger partial charge in [0.1, 0.15) is 0 Å². The van der Waals surface area contributed by atoms with Crippen molar-refractivity contribution < 1.29 is 13.2 Å². The van der Waals surface area contributed by atoms with Gasteiger partial charge in [-0.05, 0) is 45.0 Å². The SMILES string of the molecule is CC(C)(C)N(CCC(=O)Nc1ccc(C#N)cc1)S(C)(=O)=O. The summed E-state index contributed by atoms with van der Waals surface area (Å²) in [5, 5.41) is 11.4. The number of rotatable bonds is 5. The van der Waals surface area contributed by atoms with Crippen LogP contribution in [0.25, 0.3) is 0 Å². The van der Waals surface area contributed by atoms with Gasteiger partial charge in [0.15, 0.2) is 0 Å². The largest absolute Gasteiger partial charge is 0.326 e. The Kier molecular flexibility index (Phi) is 5.69. The summed E-state index contributed by atoms with van der Waals surface area (Å²) in [6.07, 6.45) is 1.20. The molecule has 0 bridgehead atoms. The minimum Gasteiger partial charge on any atom is -0.326 e. The third-order valence-electron chi connectivity index (χ3n) is 2.99. The summed E-state index contributed by atoms with van der Waals surface area (Å²) in [6, 6.07) is 8.47. The van der Waals surface area contributed by atoms with Crippen LogP contribution in [0.1, 0.15) is 32.8 Å². The zero-order valence-electron chi connectivity index (χ0n) is 13.3. The van der Waals surface area contributed by atoms with E-state index in [1.807, 2.05) is 6.07 Å². The van der Waals surface area contributed by atoms with Gasteiger partial charge in [0.25, 0.3) is 0 Å². The predicted octanol–water partition coefficient (Wildman–Crippen LogP) is 1.95. The van der Waals surface area contributed by atoms with E-state index in [4.69, 9.17) is 5.26 Å². The van der Waals surface area contributed by atoms with Crippen LogP contribution in [0.4, 0.5) is 5.69 Å². The molecule has 0 spiro atoms. The number of nitrogens with one attached hydrogen (secondary N) is 1. The molecule has 7 heteroatoms. The molecule has 0 aliphatic heterocycles. The Balaban J connectivity index is 2.66. The van der Waals surface area contributed by atoms with Crippen LogP contribution in [-0.4, -0.2) is 37.0 Å². The molecule has 0 aliphatic carbocycles. The number of carbonyl (C=O) groups is 1. The van der Waals surface area contributed by atoms with Crippen molar-refractivity contribution >= 4 is 21.6 Å². The number of hydrogen-bond donors (Lipinski definition) is 1. The molecule has 0 unspecified atom stereocenters. The zero-order chi connectivity index (χ0) is 17.0. The highest BCUT2D eigenvalue weighted by Gasteiger charge is 2.29. The van der Waals surface area contributed by atoms with Crippen molar-refractivity contribution in [3.63, 3.8) is 0 Å². The average molecular weight is 323 g/mol. The molecule has 0 saturated carbocycles. The fourth-order valence-corrected chi connectivity index (χ4v) is 3.47. The van der Waals surface area contributed by atoms with Crippen LogP contribution >= 0.6 is 0 Å². The van der Waals surface area contributed by atoms with Crippen molar-refractivity contribution in [1.29, 1.82) is 5.26 Å². The van der Waals surface area contributed by atoms with E-state index in [0.29, 0.717) is 11.3 Å². The molecule has 0 aromatic heterocycles. The molecule has 120 valence electrons. The lowest BCUT2D eigenvalue weighted by Crippen LogP contribution is -2.46. The van der Waals surface area contributed by atoms with E-state index < -0.39 is 15.6 Å². The first-order valence-electron chi connectivity index (χ1n) is 6.82. The maximum Gasteiger partial charge on any atom is 0.225 e. The normalized spacial score (nSPS) is 12.0. The number of nitrogens with zero attached hydrogens (tertiary/aromatic N) is 2. The van der Waals surface area contributed by atoms with Crippen molar-refractivity contribution in [3.8, 4) is 6.07 Å². The maximum atomic E-state index is 11.9. The number of carbonyl (C=O) groups excluding carboxylic acids is 1. The summed E-state index contributed by atoms with van der Waals surface area (Å²) in [5.41, 5.74) is 0.502. The summed E-state index contributed by atoms with van der Waals surface area (Å²) in [6.45, 7) is 5.47. The molecule has 0 radical (unpaired) electrons. The second-order valence-corrected chi connectivity index (χ2v) is 7.90. The fraction of sp³-hybridized carbons (Fsp3) is 0.467. The van der Waals surface area contributed by atoms with Crippen LogP contribution in [-0.2, 0) is 14.8 Å². The van der Waals surface area contributed by atoms with E-state index in [2.05, 4.69) is 5.32 Å². The molecule has 0 heterocycles. The Hall–Kier alpha value is -1.91. The van der Waals surface area contributed by atoms with Crippen molar-refractivity contribution in [2.45, 2.75) is 32.7 Å². The van der Waals surface area contributed by atoms with E-state index >= 15 is 0 Å². The van der Waals surface area contributed by atoms with Gasteiger partial charge in [-0.15, -0.1) is 0 Å². The third kappa shape index (κ3) is 5.47. The van der Waals surface area contributed by atoms with Crippen LogP contribution in [0.5, 0.6) is 0 Å². The Morgan fingerprint density at radius 1 is 1.27 bits per heavy atom. The fourth-order valence-electron chi connectivity index (χ4n) is 2.05. The van der Waals surface area contributed by atoms with Crippen molar-refractivity contribution in [1.82, 2.24) is 4.31 Å². The van der Waals surface area contributed by atoms with Gasteiger partial charge in [0, 0.05) is 24.2 Å². The number of sulfonamides is 1. The van der Waals surface area contributed by atoms with Crippen LogP contribution in [0.2, 0.25) is 0 Å². The van der Waals surface area contributed by atoms with Gasteiger partial charge < -0.3 is 5.32 Å². The molecule has 0 atom stereocenters. The second-order valence-electron chi connectivity index (χ2n) is 5.99. The number of nitriles is 1. The molecule has 0 saturated heterocycles. The molecule has 1 aromatic carbocycles. The number of hydrogen-bond acceptors (Lipinski definition) is 4. The number of amides is 1. The van der Waals surface area contributed by atoms with E-state index in [1.165, 1.54) is 4.31 Å². The number of anilines is 1. The lowest BCUT2D eigenvalue weighted by atomic mass is 10.1. The van der Waals surface area contributed by atoms with E-state index in [9.17, 15) is 13.2 Å². The first kappa shape index (κ1) is 18.1. The third-order valence-corrected chi connectivity index (χ3v) is 4.52. The number of benzene rings is 1. The highest BCUT2D eigenvalue weighted by Crippen LogP contribution is 2.18. The smallest absolute Gasteiger partial charge is 0.225 e. The van der Waals surface area contributed by atoms with Crippen molar-refractivity contribution in [3.05, 3.63) is 29.8 Å². The van der Waals surface area contributed by atoms with E-state index in [0.717, 1.165) is 6.26 Å². The van der Waals surface area contributed by atoms with Gasteiger partial charge in [-0.2, -0.15) is 9.57 Å². The van der Waals surface area contributed by atoms with Gasteiger partial charge in [0.2, 0.25) is 15.9 Å². The Labute approximate surface area is 131 Å². The van der Waals surface area contributed by atoms with Crippen molar-refractivity contribution in [2.75, 3.05) is 18.1 Å². The van der Waals surface area contributed by atoms with E-state index in [-0.39, 0.29) is 18.9 Å². The van der Waals surface area contributed by atoms with Crippen LogP contribution < -0.4 is 5.32 Å². The molecule has 0 aliphatic rings. The van der Waals surface area contributed by atoms with E-state index in [1.54, 1.807) is 45.0 Å². The molecule has 1 N–H and O–H groups in total. The summed E-state index contributed by atoms with van der Waals surface area (Å²) in [5.74, 6) is -0.275. The Morgan fingerprint density at radius 3 is 2.23 bits per heavy atom. The molecule has 1 aromatic rings. The summed E-state index contributed by atoms with van der Waals surface area (Å²) in [4.78, 5) is 11.9. The van der Waals surface area contributed by atoms with Crippen LogP contribution in [0.3, 0.4) is 0 Å². The first-order valence-corrected chi connectivity index (χ1v) is 8.66. The summed E-state index contributed by atoms with van der Waals surface area (Å²) in [7, 11) is -3.38. The lowest BCUT2D eigenvalue weighted by Gasteiger charge is -2.33. The molecule has 0 fully saturated rings. The highest BCUT2D eigenvalue weighted by molar-refractivity contribution is 7.88. The summed E-state index contributed by atoms with van der Waals surface area (Å²) < 4.78 is 24.9. The van der Waals surface area contributed by atoms with Gasteiger partial charge in [-0.3, -0.25) is 4.79 Å². The summed E-state index contributed by atoms with van der Waals surface area (Å²) >= 11 is 0. The topological polar surface area (TPSA) is 90.3 Å². The molecule has 6 nitrogen and oxygen atoms in total. The average Bonchev–Trinajstić information content (AvgIpc) is 2.36. The first-order chi connectivity index (χ1) is 10.0. The second kappa shape index (κ2) is 6.90. The minimum absolute atomic E-state index is 0.0599. The molecule has 22 heavy (non-hydrogen) atoms. The van der Waals surface area contributed by atoms with Gasteiger partial charge >= 0.3 is 0 Å². The molecular formula is C15H21N3O3S. The predicted molar refractivity (Wildman–Crippen MR) is 85.7 cm³/mol. The van der Waals surface area contributed by atoms with Gasteiger partial charge in [-0.1, -0.05) is 0 Å². The standard InChI is InChI=1S/C15H21N3O3S/c1-15(2,3)18(22(4,20)21)10-9-14(19)17-13-7-5-12(11-16)6-8-13/h5-8H,9-10H2,1-4H3,(H,17,19). The zero-order valence-corrected chi connectivity index (χ0v) is 14.1. The van der Waals surface area contributed by atoms with Crippen LogP contribution in [0.15, 0.2) is 24.3 Å². The van der Waals surface area contributed by atoms with Crippen molar-refractivity contribution in [2.24, 2.45) is 0 Å². The quantitative estimate of drug-likeness (QED) is 0.896. The van der Waals surface area contributed by atoms with Gasteiger partial charge in [-0.25, -0.2) is 8.42 Å². The molecule has 1 rings (SSSR count). The maximum absolute atomic E-state index is 11.9. The van der Waals surface area contributed by atoms with Gasteiger partial charge in [0.05, 0.1) is 17.9 Å². The lowest BCUT2D eigenvalue weighted by molar-refractivity contribution is -0.116. The molecule has 1 amide bonds. The monoisotopic (exact) mass is 323 g/mol. The minimum atomic E-state index is -3.38. The van der Waals surface area contributed by atoms with Crippen LogP contribution in [0, 0.1) is 11.3 Å². The Morgan fingerprint density at radius 2 is 1.82 bits per heavy atom.